The van der Waals surface area contributed by atoms with Gasteiger partial charge in [-0.15, -0.1) is 23.2 Å². The molecule has 0 spiro atoms. The minimum absolute atomic E-state index is 0.472. The van der Waals surface area contributed by atoms with Crippen molar-refractivity contribution in [2.75, 3.05) is 11.8 Å². The number of rotatable bonds is 5. The van der Waals surface area contributed by atoms with Gasteiger partial charge in [0.2, 0.25) is 0 Å². The molecule has 0 aliphatic rings. The predicted octanol–water partition coefficient (Wildman–Crippen LogP) is 3.71. The fourth-order valence-electron chi connectivity index (χ4n) is 1.67. The second kappa shape index (κ2) is 6.00. The van der Waals surface area contributed by atoms with Crippen molar-refractivity contribution in [1.82, 2.24) is 0 Å². The monoisotopic (exact) mass is 241 g/mol. The van der Waals surface area contributed by atoms with Crippen LogP contribution >= 0.6 is 23.2 Å². The van der Waals surface area contributed by atoms with Gasteiger partial charge in [-0.1, -0.05) is 30.3 Å². The van der Waals surface area contributed by atoms with Crippen LogP contribution in [0.4, 0.5) is 0 Å². The summed E-state index contributed by atoms with van der Waals surface area (Å²) in [5, 5.41) is 9.32. The van der Waals surface area contributed by atoms with E-state index in [0.717, 1.165) is 5.56 Å². The topological polar surface area (TPSA) is 23.8 Å². The second-order valence-electron chi connectivity index (χ2n) is 3.44. The molecule has 15 heavy (non-hydrogen) atoms. The van der Waals surface area contributed by atoms with Crippen molar-refractivity contribution in [3.05, 3.63) is 35.9 Å². The summed E-state index contributed by atoms with van der Waals surface area (Å²) < 4.78 is 0. The molecule has 1 aromatic rings. The Bertz CT molecular complexity index is 323. The summed E-state index contributed by atoms with van der Waals surface area (Å²) >= 11 is 11.5. The molecule has 0 heterocycles. The van der Waals surface area contributed by atoms with Gasteiger partial charge in [0.15, 0.2) is 0 Å². The first-order chi connectivity index (χ1) is 7.29. The first-order valence-corrected chi connectivity index (χ1v) is 5.94. The van der Waals surface area contributed by atoms with Crippen molar-refractivity contribution in [2.45, 2.75) is 18.3 Å². The van der Waals surface area contributed by atoms with Crippen molar-refractivity contribution < 1.29 is 0 Å². The molecule has 1 nitrogen and oxygen atoms in total. The molecule has 1 aromatic carbocycles. The van der Waals surface area contributed by atoms with Gasteiger partial charge >= 0.3 is 0 Å². The van der Waals surface area contributed by atoms with Crippen LogP contribution in [0.2, 0.25) is 0 Å². The quantitative estimate of drug-likeness (QED) is 0.722. The SMILES string of the molecule is N#CC(CCCl)(CCCl)c1ccccc1. The van der Waals surface area contributed by atoms with E-state index < -0.39 is 5.41 Å². The van der Waals surface area contributed by atoms with E-state index in [1.54, 1.807) is 0 Å². The number of alkyl halides is 2. The molecule has 80 valence electrons. The predicted molar refractivity (Wildman–Crippen MR) is 64.4 cm³/mol. The van der Waals surface area contributed by atoms with E-state index in [-0.39, 0.29) is 0 Å². The summed E-state index contributed by atoms with van der Waals surface area (Å²) in [5.74, 6) is 0.943. The first kappa shape index (κ1) is 12.4. The molecule has 0 fully saturated rings. The van der Waals surface area contributed by atoms with Crippen LogP contribution in [-0.4, -0.2) is 11.8 Å². The third-order valence-corrected chi connectivity index (χ3v) is 2.96. The molecule has 0 unspecified atom stereocenters. The Balaban J connectivity index is 3.05. The van der Waals surface area contributed by atoms with E-state index in [1.165, 1.54) is 0 Å². The van der Waals surface area contributed by atoms with Crippen molar-refractivity contribution in [3.8, 4) is 6.07 Å². The van der Waals surface area contributed by atoms with Gasteiger partial charge in [0.05, 0.1) is 11.5 Å². The lowest BCUT2D eigenvalue weighted by Crippen LogP contribution is -2.25. The van der Waals surface area contributed by atoms with E-state index in [1.807, 2.05) is 30.3 Å². The fraction of sp³-hybridized carbons (Fsp3) is 0.417. The van der Waals surface area contributed by atoms with E-state index in [4.69, 9.17) is 23.2 Å². The molecule has 0 N–H and O–H groups in total. The molecule has 0 bridgehead atoms. The summed E-state index contributed by atoms with van der Waals surface area (Å²) in [7, 11) is 0. The zero-order valence-electron chi connectivity index (χ0n) is 8.42. The number of halogens is 2. The van der Waals surface area contributed by atoms with Gasteiger partial charge in [0, 0.05) is 11.8 Å². The van der Waals surface area contributed by atoms with Crippen molar-refractivity contribution in [1.29, 1.82) is 5.26 Å². The fourth-order valence-corrected chi connectivity index (χ4v) is 2.32. The average Bonchev–Trinajstić information content (AvgIpc) is 2.30. The third kappa shape index (κ3) is 2.87. The minimum atomic E-state index is -0.523. The Kier molecular flexibility index (Phi) is 4.94. The zero-order chi connectivity index (χ0) is 11.1. The molecule has 0 amide bonds. The number of hydrogen-bond acceptors (Lipinski definition) is 1. The largest absolute Gasteiger partial charge is 0.197 e. The smallest absolute Gasteiger partial charge is 0.0845 e. The highest BCUT2D eigenvalue weighted by atomic mass is 35.5. The summed E-state index contributed by atoms with van der Waals surface area (Å²) in [5.41, 5.74) is 0.485. The number of hydrogen-bond donors (Lipinski definition) is 0. The molecular weight excluding hydrogens is 229 g/mol. The normalized spacial score (nSPS) is 11.0. The van der Waals surface area contributed by atoms with Gasteiger partial charge in [-0.05, 0) is 18.4 Å². The third-order valence-electron chi connectivity index (χ3n) is 2.58. The Labute approximate surface area is 101 Å². The van der Waals surface area contributed by atoms with Crippen LogP contribution in [0.25, 0.3) is 0 Å². The lowest BCUT2D eigenvalue weighted by atomic mass is 9.77. The number of nitrogens with zero attached hydrogens (tertiary/aromatic N) is 1. The van der Waals surface area contributed by atoms with Crippen LogP contribution in [0.1, 0.15) is 18.4 Å². The van der Waals surface area contributed by atoms with Gasteiger partial charge in [-0.3, -0.25) is 0 Å². The maximum absolute atomic E-state index is 9.32. The Morgan fingerprint density at radius 1 is 1.07 bits per heavy atom. The molecule has 0 saturated carbocycles. The molecule has 0 saturated heterocycles. The van der Waals surface area contributed by atoms with E-state index in [0.29, 0.717) is 24.6 Å². The van der Waals surface area contributed by atoms with E-state index in [9.17, 15) is 5.26 Å². The molecule has 1 rings (SSSR count). The maximum Gasteiger partial charge on any atom is 0.0845 e. The molecule has 0 atom stereocenters. The Morgan fingerprint density at radius 2 is 1.60 bits per heavy atom. The second-order valence-corrected chi connectivity index (χ2v) is 4.19. The van der Waals surface area contributed by atoms with Crippen LogP contribution in [-0.2, 0) is 5.41 Å². The maximum atomic E-state index is 9.32. The summed E-state index contributed by atoms with van der Waals surface area (Å²) in [6.45, 7) is 0. The lowest BCUT2D eigenvalue weighted by molar-refractivity contribution is 0.516. The van der Waals surface area contributed by atoms with Gasteiger partial charge in [0.1, 0.15) is 0 Å². The van der Waals surface area contributed by atoms with E-state index >= 15 is 0 Å². The standard InChI is InChI=1S/C12H13Cl2N/c13-8-6-12(10-15,7-9-14)11-4-2-1-3-5-11/h1-5H,6-9H2. The van der Waals surface area contributed by atoms with Gasteiger partial charge in [-0.25, -0.2) is 0 Å². The summed E-state index contributed by atoms with van der Waals surface area (Å²) in [6.07, 6.45) is 1.28. The van der Waals surface area contributed by atoms with Crippen molar-refractivity contribution in [3.63, 3.8) is 0 Å². The van der Waals surface area contributed by atoms with Crippen LogP contribution in [0, 0.1) is 11.3 Å². The van der Waals surface area contributed by atoms with E-state index in [2.05, 4.69) is 6.07 Å². The summed E-state index contributed by atoms with van der Waals surface area (Å²) in [6, 6.07) is 12.1. The highest BCUT2D eigenvalue weighted by molar-refractivity contribution is 6.18. The van der Waals surface area contributed by atoms with Crippen molar-refractivity contribution in [2.24, 2.45) is 0 Å². The average molecular weight is 242 g/mol. The van der Waals surface area contributed by atoms with Crippen LogP contribution in [0.5, 0.6) is 0 Å². The molecule has 0 aromatic heterocycles. The molecular formula is C12H13Cl2N. The van der Waals surface area contributed by atoms with Gasteiger partial charge in [0.25, 0.3) is 0 Å². The van der Waals surface area contributed by atoms with Crippen LogP contribution in [0.15, 0.2) is 30.3 Å². The van der Waals surface area contributed by atoms with Crippen LogP contribution < -0.4 is 0 Å². The van der Waals surface area contributed by atoms with Crippen molar-refractivity contribution >= 4 is 23.2 Å². The molecule has 3 heteroatoms. The van der Waals surface area contributed by atoms with Gasteiger partial charge in [-0.2, -0.15) is 5.26 Å². The highest BCUT2D eigenvalue weighted by Gasteiger charge is 2.30. The number of nitriles is 1. The molecule has 0 aliphatic carbocycles. The first-order valence-electron chi connectivity index (χ1n) is 4.88. The molecule has 0 aliphatic heterocycles. The zero-order valence-corrected chi connectivity index (χ0v) is 9.93. The minimum Gasteiger partial charge on any atom is -0.197 e. The van der Waals surface area contributed by atoms with Gasteiger partial charge < -0.3 is 0 Å². The Hall–Kier alpha value is -0.710. The highest BCUT2D eigenvalue weighted by Crippen LogP contribution is 2.31. The Morgan fingerprint density at radius 3 is 2.00 bits per heavy atom. The molecule has 0 radical (unpaired) electrons. The number of benzene rings is 1. The lowest BCUT2D eigenvalue weighted by Gasteiger charge is -2.25. The summed E-state index contributed by atoms with van der Waals surface area (Å²) in [4.78, 5) is 0. The van der Waals surface area contributed by atoms with Crippen LogP contribution in [0.3, 0.4) is 0 Å².